The Labute approximate surface area is 172 Å². The van der Waals surface area contributed by atoms with Crippen LogP contribution in [0.3, 0.4) is 0 Å². The predicted molar refractivity (Wildman–Crippen MR) is 115 cm³/mol. The van der Waals surface area contributed by atoms with Crippen LogP contribution in [0.5, 0.6) is 0 Å². The molecule has 0 spiro atoms. The van der Waals surface area contributed by atoms with Crippen LogP contribution in [0.4, 0.5) is 0 Å². The van der Waals surface area contributed by atoms with E-state index in [0.717, 1.165) is 37.5 Å². The highest BCUT2D eigenvalue weighted by atomic mass is 16.5. The number of rotatable bonds is 5. The number of aliphatic hydroxyl groups is 1. The lowest BCUT2D eigenvalue weighted by Crippen LogP contribution is -2.49. The van der Waals surface area contributed by atoms with Gasteiger partial charge in [0, 0.05) is 11.8 Å². The summed E-state index contributed by atoms with van der Waals surface area (Å²) < 4.78 is 6.54. The lowest BCUT2D eigenvalue weighted by Gasteiger charge is -2.52. The zero-order valence-corrected chi connectivity index (χ0v) is 18.2. The van der Waals surface area contributed by atoms with Gasteiger partial charge in [0.2, 0.25) is 0 Å². The fraction of sp³-hybridized carbons (Fsp3) is 0.840. The van der Waals surface area contributed by atoms with Crippen LogP contribution < -0.4 is 0 Å². The fourth-order valence-corrected chi connectivity index (χ4v) is 6.89. The molecule has 6 atom stereocenters. The number of hydrogen-bond donors (Lipinski definition) is 1. The molecule has 0 bridgehead atoms. The first-order valence-electron chi connectivity index (χ1n) is 11.7. The first kappa shape index (κ1) is 20.5. The van der Waals surface area contributed by atoms with Crippen LogP contribution in [0.25, 0.3) is 0 Å². The highest BCUT2D eigenvalue weighted by Gasteiger charge is 2.53. The molecule has 1 aliphatic heterocycles. The summed E-state index contributed by atoms with van der Waals surface area (Å²) in [6, 6.07) is 0. The van der Waals surface area contributed by atoms with Crippen molar-refractivity contribution in [3.05, 3.63) is 24.5 Å². The van der Waals surface area contributed by atoms with Crippen LogP contribution in [0.15, 0.2) is 24.5 Å². The summed E-state index contributed by atoms with van der Waals surface area (Å²) in [6.45, 7) is 16.8. The second-order valence-electron chi connectivity index (χ2n) is 10.8. The maximum atomic E-state index is 10.4. The van der Waals surface area contributed by atoms with Crippen LogP contribution in [0.1, 0.15) is 78.1 Å². The second-order valence-corrected chi connectivity index (χ2v) is 10.8. The van der Waals surface area contributed by atoms with Gasteiger partial charge in [0.15, 0.2) is 0 Å². The van der Waals surface area contributed by atoms with E-state index in [-0.39, 0.29) is 17.6 Å². The Morgan fingerprint density at radius 3 is 2.61 bits per heavy atom. The van der Waals surface area contributed by atoms with Crippen molar-refractivity contribution in [3.63, 3.8) is 0 Å². The van der Waals surface area contributed by atoms with Crippen LogP contribution >= 0.6 is 0 Å². The Bertz CT molecular complexity index is 610. The number of nitrogens with zero attached hydrogens (tertiary/aromatic N) is 1. The molecule has 2 unspecified atom stereocenters. The van der Waals surface area contributed by atoms with Gasteiger partial charge in [-0.05, 0) is 88.1 Å². The molecule has 0 aromatic carbocycles. The normalized spacial score (nSPS) is 44.5. The maximum Gasteiger partial charge on any atom is 0.106 e. The molecule has 1 saturated heterocycles. The summed E-state index contributed by atoms with van der Waals surface area (Å²) in [5.41, 5.74) is 2.02. The Balaban J connectivity index is 1.45. The van der Waals surface area contributed by atoms with E-state index in [2.05, 4.69) is 31.9 Å². The van der Waals surface area contributed by atoms with Gasteiger partial charge in [-0.3, -0.25) is 4.90 Å². The van der Waals surface area contributed by atoms with Crippen molar-refractivity contribution < 1.29 is 9.84 Å². The molecule has 1 heterocycles. The molecule has 4 aliphatic rings. The standard InChI is InChI=1S/C25H41NO2/c1-18-7-8-20-15-21(9-11-24(18,20)3)25(4)12-10-22(27)16-23(25)28-19(2)17-26-13-5-6-14-26/h20-23,27H,1-2,5-17H2,3-4H3/t20?,21?,22-,23-,24+,25+/m0/s1. The lowest BCUT2D eigenvalue weighted by molar-refractivity contribution is -0.110. The van der Waals surface area contributed by atoms with Crippen molar-refractivity contribution in [2.75, 3.05) is 19.6 Å². The molecule has 0 aromatic rings. The lowest BCUT2D eigenvalue weighted by atomic mass is 9.55. The summed E-state index contributed by atoms with van der Waals surface area (Å²) in [5.74, 6) is 2.38. The van der Waals surface area contributed by atoms with E-state index in [9.17, 15) is 5.11 Å². The first-order chi connectivity index (χ1) is 13.3. The summed E-state index contributed by atoms with van der Waals surface area (Å²) in [6.07, 6.45) is 11.6. The van der Waals surface area contributed by atoms with Gasteiger partial charge in [-0.15, -0.1) is 0 Å². The molecule has 158 valence electrons. The number of ether oxygens (including phenoxy) is 1. The van der Waals surface area contributed by atoms with E-state index in [4.69, 9.17) is 4.74 Å². The minimum absolute atomic E-state index is 0.102. The Morgan fingerprint density at radius 1 is 1.11 bits per heavy atom. The summed E-state index contributed by atoms with van der Waals surface area (Å²) in [4.78, 5) is 2.45. The van der Waals surface area contributed by atoms with Crippen molar-refractivity contribution in [1.82, 2.24) is 4.90 Å². The minimum atomic E-state index is -0.224. The van der Waals surface area contributed by atoms with Gasteiger partial charge in [0.05, 0.1) is 12.6 Å². The number of allylic oxidation sites excluding steroid dienone is 1. The Hall–Kier alpha value is -0.800. The average Bonchev–Trinajstić information content (AvgIpc) is 3.26. The van der Waals surface area contributed by atoms with Gasteiger partial charge in [0.25, 0.3) is 0 Å². The van der Waals surface area contributed by atoms with E-state index in [1.807, 2.05) is 0 Å². The van der Waals surface area contributed by atoms with Crippen LogP contribution in [0, 0.1) is 22.7 Å². The zero-order valence-electron chi connectivity index (χ0n) is 18.2. The van der Waals surface area contributed by atoms with E-state index in [0.29, 0.717) is 11.3 Å². The molecule has 0 aromatic heterocycles. The third-order valence-electron chi connectivity index (χ3n) is 9.16. The maximum absolute atomic E-state index is 10.4. The zero-order chi connectivity index (χ0) is 19.9. The van der Waals surface area contributed by atoms with Crippen LogP contribution in [-0.4, -0.2) is 41.8 Å². The molecule has 28 heavy (non-hydrogen) atoms. The molecule has 3 aliphatic carbocycles. The van der Waals surface area contributed by atoms with Gasteiger partial charge in [-0.25, -0.2) is 0 Å². The third-order valence-corrected chi connectivity index (χ3v) is 9.16. The van der Waals surface area contributed by atoms with Gasteiger partial charge in [-0.1, -0.05) is 32.6 Å². The van der Waals surface area contributed by atoms with E-state index >= 15 is 0 Å². The van der Waals surface area contributed by atoms with Gasteiger partial charge in [-0.2, -0.15) is 0 Å². The van der Waals surface area contributed by atoms with Gasteiger partial charge >= 0.3 is 0 Å². The molecule has 0 amide bonds. The van der Waals surface area contributed by atoms with Crippen molar-refractivity contribution in [3.8, 4) is 0 Å². The number of hydrogen-bond acceptors (Lipinski definition) is 3. The SMILES string of the molecule is C=C(CN1CCCC1)O[C@H]1C[C@@H](O)CC[C@]1(C)C1CC[C@]2(C)C(=C)CCC2C1. The molecular weight excluding hydrogens is 346 g/mol. The van der Waals surface area contributed by atoms with Crippen molar-refractivity contribution in [2.24, 2.45) is 22.7 Å². The molecule has 0 radical (unpaired) electrons. The fourth-order valence-electron chi connectivity index (χ4n) is 6.89. The quantitative estimate of drug-likeness (QED) is 0.513. The monoisotopic (exact) mass is 387 g/mol. The van der Waals surface area contributed by atoms with Crippen molar-refractivity contribution in [2.45, 2.75) is 90.3 Å². The third kappa shape index (κ3) is 3.69. The van der Waals surface area contributed by atoms with E-state index in [1.165, 1.54) is 63.6 Å². The second kappa shape index (κ2) is 7.80. The van der Waals surface area contributed by atoms with Crippen molar-refractivity contribution in [1.29, 1.82) is 0 Å². The van der Waals surface area contributed by atoms with Crippen molar-refractivity contribution >= 4 is 0 Å². The minimum Gasteiger partial charge on any atom is -0.493 e. The smallest absolute Gasteiger partial charge is 0.106 e. The Morgan fingerprint density at radius 2 is 1.86 bits per heavy atom. The molecule has 3 saturated carbocycles. The summed E-state index contributed by atoms with van der Waals surface area (Å²) in [7, 11) is 0. The number of likely N-dealkylation sites (tertiary alicyclic amines) is 1. The molecular formula is C25H41NO2. The van der Waals surface area contributed by atoms with Crippen LogP contribution in [-0.2, 0) is 4.74 Å². The average molecular weight is 388 g/mol. The van der Waals surface area contributed by atoms with Gasteiger partial charge < -0.3 is 9.84 Å². The first-order valence-corrected chi connectivity index (χ1v) is 11.7. The number of fused-ring (bicyclic) bond motifs is 1. The highest BCUT2D eigenvalue weighted by Crippen LogP contribution is 2.60. The molecule has 4 rings (SSSR count). The molecule has 3 heteroatoms. The van der Waals surface area contributed by atoms with E-state index in [1.54, 1.807) is 0 Å². The topological polar surface area (TPSA) is 32.7 Å². The predicted octanol–water partition coefficient (Wildman–Crippen LogP) is 5.30. The largest absolute Gasteiger partial charge is 0.493 e. The van der Waals surface area contributed by atoms with Crippen LogP contribution in [0.2, 0.25) is 0 Å². The number of aliphatic hydroxyl groups excluding tert-OH is 1. The summed E-state index contributed by atoms with van der Waals surface area (Å²) >= 11 is 0. The molecule has 4 fully saturated rings. The molecule has 3 nitrogen and oxygen atoms in total. The Kier molecular flexibility index (Phi) is 5.70. The van der Waals surface area contributed by atoms with Gasteiger partial charge in [0.1, 0.15) is 11.9 Å². The molecule has 1 N–H and O–H groups in total. The highest BCUT2D eigenvalue weighted by molar-refractivity contribution is 5.19. The van der Waals surface area contributed by atoms with E-state index < -0.39 is 0 Å². The summed E-state index contributed by atoms with van der Waals surface area (Å²) in [5, 5.41) is 10.4.